The lowest BCUT2D eigenvalue weighted by Crippen LogP contribution is -2.43. The molecule has 7 fully saturated rings. The molecule has 0 N–H and O–H groups in total. The molecule has 0 aromatic rings. The van der Waals surface area contributed by atoms with Crippen LogP contribution in [0.5, 0.6) is 0 Å². The van der Waals surface area contributed by atoms with E-state index in [2.05, 4.69) is 0 Å². The zero-order chi connectivity index (χ0) is 7.19. The first-order chi connectivity index (χ1) is 5.97. The molecule has 62 valence electrons. The Bertz CT molecular complexity index is 246. The Morgan fingerprint density at radius 3 is 1.83 bits per heavy atom. The second-order valence-corrected chi connectivity index (χ2v) is 6.09. The second kappa shape index (κ2) is 1.06. The largest absolute Gasteiger partial charge is 0.374 e. The Kier molecular flexibility index (Phi) is 0.443. The van der Waals surface area contributed by atoms with Crippen LogP contribution in [-0.4, -0.2) is 12.2 Å². The monoisotopic (exact) mass is 160 g/mol. The summed E-state index contributed by atoms with van der Waals surface area (Å²) in [4.78, 5) is 0. The molecule has 12 heavy (non-hydrogen) atoms. The summed E-state index contributed by atoms with van der Waals surface area (Å²) < 4.78 is 6.17. The molecule has 0 spiro atoms. The molecule has 1 heteroatoms. The molecule has 0 radical (unpaired) electrons. The van der Waals surface area contributed by atoms with E-state index in [0.717, 1.165) is 47.7 Å². The quantitative estimate of drug-likeness (QED) is 0.516. The molecule has 7 aliphatic rings. The maximum Gasteiger partial charge on any atom is 0.0648 e. The summed E-state index contributed by atoms with van der Waals surface area (Å²) in [5, 5.41) is 0. The van der Waals surface area contributed by atoms with Crippen molar-refractivity contribution in [2.45, 2.75) is 18.6 Å². The molecule has 10 atom stereocenters. The van der Waals surface area contributed by atoms with Gasteiger partial charge >= 0.3 is 0 Å². The molecule has 0 aromatic carbocycles. The van der Waals surface area contributed by atoms with Gasteiger partial charge in [0.2, 0.25) is 0 Å². The van der Waals surface area contributed by atoms with Gasteiger partial charge in [0.15, 0.2) is 0 Å². The number of hydrogen-bond acceptors (Lipinski definition) is 1. The summed E-state index contributed by atoms with van der Waals surface area (Å²) in [6.07, 6.45) is 3.18. The van der Waals surface area contributed by atoms with Gasteiger partial charge in [-0.25, -0.2) is 0 Å². The Morgan fingerprint density at radius 1 is 0.667 bits per heavy atom. The highest BCUT2D eigenvalue weighted by Crippen LogP contribution is 2.87. The van der Waals surface area contributed by atoms with Crippen LogP contribution >= 0.6 is 0 Å². The molecule has 0 unspecified atom stereocenters. The van der Waals surface area contributed by atoms with Gasteiger partial charge < -0.3 is 4.74 Å². The molecular weight excluding hydrogens is 148 g/mol. The van der Waals surface area contributed by atoms with Crippen molar-refractivity contribution in [2.75, 3.05) is 0 Å². The van der Waals surface area contributed by atoms with Gasteiger partial charge in [0.1, 0.15) is 0 Å². The normalized spacial score (nSPS) is 94.0. The molecule has 2 aliphatic heterocycles. The van der Waals surface area contributed by atoms with E-state index in [0.29, 0.717) is 0 Å². The maximum absolute atomic E-state index is 6.17. The molecule has 0 amide bonds. The highest BCUT2D eigenvalue weighted by atomic mass is 16.5. The number of rotatable bonds is 0. The van der Waals surface area contributed by atoms with Gasteiger partial charge in [-0.15, -0.1) is 0 Å². The predicted molar refractivity (Wildman–Crippen MR) is 41.2 cm³/mol. The fourth-order valence-corrected chi connectivity index (χ4v) is 6.91. The van der Waals surface area contributed by atoms with Crippen LogP contribution in [0.15, 0.2) is 0 Å². The zero-order valence-corrected chi connectivity index (χ0v) is 6.89. The lowest BCUT2D eigenvalue weighted by atomic mass is 9.60. The van der Waals surface area contributed by atoms with Crippen LogP contribution in [0.1, 0.15) is 6.42 Å². The van der Waals surface area contributed by atoms with Crippen molar-refractivity contribution in [3.05, 3.63) is 0 Å². The van der Waals surface area contributed by atoms with E-state index in [-0.39, 0.29) is 0 Å². The highest BCUT2D eigenvalue weighted by molar-refractivity contribution is 5.34. The Labute approximate surface area is 71.5 Å². The lowest BCUT2D eigenvalue weighted by Gasteiger charge is -2.43. The molecule has 2 saturated heterocycles. The summed E-state index contributed by atoms with van der Waals surface area (Å²) in [7, 11) is 0. The van der Waals surface area contributed by atoms with E-state index in [1.807, 2.05) is 0 Å². The van der Waals surface area contributed by atoms with Crippen molar-refractivity contribution in [2.24, 2.45) is 47.3 Å². The molecule has 5 aliphatic carbocycles. The van der Waals surface area contributed by atoms with Gasteiger partial charge in [-0.3, -0.25) is 0 Å². The SMILES string of the molecule is C1[C@@H]2[C@@H]3[C@H]4[C@@H]1[C@H]1[C@@H]5O[C@@H]([C@H]3[C@@H]54)[C@@H]21. The van der Waals surface area contributed by atoms with Crippen LogP contribution in [0.2, 0.25) is 0 Å². The summed E-state index contributed by atoms with van der Waals surface area (Å²) in [6, 6.07) is 0. The first-order valence-electron chi connectivity index (χ1n) is 5.62. The standard InChI is InChI=1S/C11H12O/c1-2-4-5-3(1)7-6(2)10-8(4)9(5)11(7)12-10/h2-11H,1H2/t2-,3-,4-,5-,6-,7+,8+,9-,10+,11-/m1/s1. The molecule has 1 nitrogen and oxygen atoms in total. The molecule has 5 saturated carbocycles. The minimum atomic E-state index is 0.781. The van der Waals surface area contributed by atoms with Crippen LogP contribution in [0.25, 0.3) is 0 Å². The van der Waals surface area contributed by atoms with Gasteiger partial charge in [-0.05, 0) is 53.8 Å². The molecule has 0 aromatic heterocycles. The van der Waals surface area contributed by atoms with Crippen LogP contribution in [0, 0.1) is 47.3 Å². The van der Waals surface area contributed by atoms with Gasteiger partial charge in [0.05, 0.1) is 12.2 Å². The Morgan fingerprint density at radius 2 is 1.25 bits per heavy atom. The fraction of sp³-hybridized carbons (Fsp3) is 1.00. The molecule has 2 heterocycles. The summed E-state index contributed by atoms with van der Waals surface area (Å²) in [5.41, 5.74) is 0. The first kappa shape index (κ1) is 4.99. The van der Waals surface area contributed by atoms with E-state index in [4.69, 9.17) is 4.74 Å². The minimum absolute atomic E-state index is 0.781. The van der Waals surface area contributed by atoms with Crippen molar-refractivity contribution in [1.29, 1.82) is 0 Å². The van der Waals surface area contributed by atoms with Gasteiger partial charge in [0.25, 0.3) is 0 Å². The lowest BCUT2D eigenvalue weighted by molar-refractivity contribution is 0.0368. The van der Waals surface area contributed by atoms with Crippen molar-refractivity contribution in [3.8, 4) is 0 Å². The molecule has 4 bridgehead atoms. The summed E-state index contributed by atoms with van der Waals surface area (Å²) in [6.45, 7) is 0. The van der Waals surface area contributed by atoms with Crippen LogP contribution in [0.4, 0.5) is 0 Å². The van der Waals surface area contributed by atoms with Gasteiger partial charge in [-0.1, -0.05) is 0 Å². The molecular formula is C11H12O. The van der Waals surface area contributed by atoms with Gasteiger partial charge in [0, 0.05) is 0 Å². The van der Waals surface area contributed by atoms with E-state index in [9.17, 15) is 0 Å². The third-order valence-electron chi connectivity index (χ3n) is 6.58. The van der Waals surface area contributed by atoms with Crippen LogP contribution < -0.4 is 0 Å². The maximum atomic E-state index is 6.17. The third kappa shape index (κ3) is 0.222. The fourth-order valence-electron chi connectivity index (χ4n) is 6.91. The molecule has 7 rings (SSSR count). The Hall–Kier alpha value is -0.0400. The summed E-state index contributed by atoms with van der Waals surface area (Å²) in [5.74, 6) is 8.98. The van der Waals surface area contributed by atoms with E-state index in [1.165, 1.54) is 11.8 Å². The number of ether oxygens (including phenoxy) is 1. The summed E-state index contributed by atoms with van der Waals surface area (Å²) >= 11 is 0. The minimum Gasteiger partial charge on any atom is -0.374 e. The predicted octanol–water partition coefficient (Wildman–Crippen LogP) is 1.14. The van der Waals surface area contributed by atoms with Crippen LogP contribution in [-0.2, 0) is 4.74 Å². The van der Waals surface area contributed by atoms with Crippen molar-refractivity contribution in [3.63, 3.8) is 0 Å². The van der Waals surface area contributed by atoms with E-state index in [1.54, 1.807) is 6.42 Å². The van der Waals surface area contributed by atoms with Gasteiger partial charge in [-0.2, -0.15) is 0 Å². The smallest absolute Gasteiger partial charge is 0.0648 e. The Balaban J connectivity index is 1.86. The first-order valence-corrected chi connectivity index (χ1v) is 5.62. The van der Waals surface area contributed by atoms with E-state index >= 15 is 0 Å². The number of hydrogen-bond donors (Lipinski definition) is 0. The highest BCUT2D eigenvalue weighted by Gasteiger charge is 2.87. The average molecular weight is 160 g/mol. The zero-order valence-electron chi connectivity index (χ0n) is 6.89. The van der Waals surface area contributed by atoms with E-state index < -0.39 is 0 Å². The second-order valence-electron chi connectivity index (χ2n) is 6.09. The van der Waals surface area contributed by atoms with Crippen molar-refractivity contribution < 1.29 is 4.74 Å². The van der Waals surface area contributed by atoms with Crippen LogP contribution in [0.3, 0.4) is 0 Å². The third-order valence-corrected chi connectivity index (χ3v) is 6.58. The van der Waals surface area contributed by atoms with Crippen molar-refractivity contribution in [1.82, 2.24) is 0 Å². The average Bonchev–Trinajstić information content (AvgIpc) is 2.51. The van der Waals surface area contributed by atoms with Crippen molar-refractivity contribution >= 4 is 0 Å². The topological polar surface area (TPSA) is 9.23 Å².